The number of phenolic OH excluding ortho intramolecular Hbond substituents is 1. The quantitative estimate of drug-likeness (QED) is 0.471. The van der Waals surface area contributed by atoms with Gasteiger partial charge in [-0.1, -0.05) is 6.07 Å². The van der Waals surface area contributed by atoms with Crippen molar-refractivity contribution in [1.29, 1.82) is 5.26 Å². The molecular formula is C12H9NO5. The van der Waals surface area contributed by atoms with Gasteiger partial charge in [-0.05, 0) is 23.8 Å². The van der Waals surface area contributed by atoms with E-state index in [0.717, 1.165) is 19.3 Å². The number of rotatable bonds is 3. The third-order valence-corrected chi connectivity index (χ3v) is 2.09. The van der Waals surface area contributed by atoms with Gasteiger partial charge < -0.3 is 14.9 Å². The molecule has 0 saturated carbocycles. The van der Waals surface area contributed by atoms with Crippen molar-refractivity contribution in [3.63, 3.8) is 0 Å². The van der Waals surface area contributed by atoms with Gasteiger partial charge in [0.25, 0.3) is 0 Å². The number of carboxylic acids is 1. The van der Waals surface area contributed by atoms with Gasteiger partial charge in [0, 0.05) is 0 Å². The van der Waals surface area contributed by atoms with Crippen molar-refractivity contribution < 1.29 is 24.5 Å². The second kappa shape index (κ2) is 5.50. The standard InChI is InChI=1S/C12H9NO5/c1-18-12(17)8(6-13)4-7-2-3-9(14)5-10(7)11(15)16/h2-5,14H,1H3,(H,15,16). The van der Waals surface area contributed by atoms with Gasteiger partial charge >= 0.3 is 11.9 Å². The largest absolute Gasteiger partial charge is 0.508 e. The van der Waals surface area contributed by atoms with Crippen molar-refractivity contribution in [2.45, 2.75) is 0 Å². The van der Waals surface area contributed by atoms with E-state index in [-0.39, 0.29) is 22.4 Å². The number of nitriles is 1. The van der Waals surface area contributed by atoms with Crippen molar-refractivity contribution in [2.24, 2.45) is 0 Å². The van der Waals surface area contributed by atoms with Crippen LogP contribution in [0.2, 0.25) is 0 Å². The van der Waals surface area contributed by atoms with Crippen LogP contribution in [0.3, 0.4) is 0 Å². The SMILES string of the molecule is COC(=O)C(C#N)=Cc1ccc(O)cc1C(=O)O. The average molecular weight is 247 g/mol. The first-order valence-corrected chi connectivity index (χ1v) is 4.76. The third-order valence-electron chi connectivity index (χ3n) is 2.09. The fourth-order valence-corrected chi connectivity index (χ4v) is 1.26. The van der Waals surface area contributed by atoms with Gasteiger partial charge in [0.1, 0.15) is 17.4 Å². The number of carbonyl (C=O) groups is 2. The minimum absolute atomic E-state index is 0.127. The Labute approximate surface area is 102 Å². The molecule has 0 radical (unpaired) electrons. The fourth-order valence-electron chi connectivity index (χ4n) is 1.26. The predicted octanol–water partition coefficient (Wildman–Crippen LogP) is 1.17. The average Bonchev–Trinajstić information content (AvgIpc) is 2.36. The number of phenols is 1. The lowest BCUT2D eigenvalue weighted by Crippen LogP contribution is -2.04. The molecule has 0 unspecified atom stereocenters. The first kappa shape index (κ1) is 13.3. The zero-order valence-electron chi connectivity index (χ0n) is 9.38. The number of nitrogens with zero attached hydrogens (tertiary/aromatic N) is 1. The molecule has 0 spiro atoms. The molecule has 0 saturated heterocycles. The smallest absolute Gasteiger partial charge is 0.348 e. The summed E-state index contributed by atoms with van der Waals surface area (Å²) in [5, 5.41) is 26.9. The zero-order valence-corrected chi connectivity index (χ0v) is 9.38. The molecule has 1 aromatic carbocycles. The van der Waals surface area contributed by atoms with Crippen molar-refractivity contribution in [2.75, 3.05) is 7.11 Å². The lowest BCUT2D eigenvalue weighted by Gasteiger charge is -2.03. The number of benzene rings is 1. The third kappa shape index (κ3) is 2.86. The Balaban J connectivity index is 3.34. The highest BCUT2D eigenvalue weighted by atomic mass is 16.5. The molecule has 92 valence electrons. The first-order chi connectivity index (χ1) is 8.49. The molecule has 0 amide bonds. The molecule has 0 heterocycles. The second-order valence-electron chi connectivity index (χ2n) is 3.24. The lowest BCUT2D eigenvalue weighted by molar-refractivity contribution is -0.135. The maximum atomic E-state index is 11.2. The molecule has 0 fully saturated rings. The molecule has 0 aliphatic heterocycles. The van der Waals surface area contributed by atoms with E-state index < -0.39 is 11.9 Å². The zero-order chi connectivity index (χ0) is 13.7. The second-order valence-corrected chi connectivity index (χ2v) is 3.24. The fraction of sp³-hybridized carbons (Fsp3) is 0.0833. The minimum Gasteiger partial charge on any atom is -0.508 e. The molecule has 0 aliphatic carbocycles. The van der Waals surface area contributed by atoms with Crippen LogP contribution >= 0.6 is 0 Å². The summed E-state index contributed by atoms with van der Waals surface area (Å²) in [5.74, 6) is -2.36. The summed E-state index contributed by atoms with van der Waals surface area (Å²) in [4.78, 5) is 22.1. The molecule has 2 N–H and O–H groups in total. The number of hydrogen-bond acceptors (Lipinski definition) is 5. The van der Waals surface area contributed by atoms with E-state index in [1.54, 1.807) is 6.07 Å². The maximum absolute atomic E-state index is 11.2. The minimum atomic E-state index is -1.28. The summed E-state index contributed by atoms with van der Waals surface area (Å²) in [7, 11) is 1.11. The van der Waals surface area contributed by atoms with E-state index in [0.29, 0.717) is 0 Å². The number of carboxylic acid groups (broad SMARTS) is 1. The van der Waals surface area contributed by atoms with Gasteiger partial charge in [0.2, 0.25) is 0 Å². The number of aromatic hydroxyl groups is 1. The van der Waals surface area contributed by atoms with Gasteiger partial charge in [-0.15, -0.1) is 0 Å². The summed E-state index contributed by atoms with van der Waals surface area (Å²) in [6.45, 7) is 0. The summed E-state index contributed by atoms with van der Waals surface area (Å²) in [6.07, 6.45) is 1.09. The summed E-state index contributed by atoms with van der Waals surface area (Å²) in [5.41, 5.74) is -0.417. The lowest BCUT2D eigenvalue weighted by atomic mass is 10.0. The van der Waals surface area contributed by atoms with Crippen LogP contribution in [-0.2, 0) is 9.53 Å². The van der Waals surface area contributed by atoms with E-state index in [2.05, 4.69) is 4.74 Å². The Hall–Kier alpha value is -2.81. The Morgan fingerprint density at radius 3 is 2.61 bits per heavy atom. The van der Waals surface area contributed by atoms with Crippen molar-refractivity contribution >= 4 is 18.0 Å². The Bertz CT molecular complexity index is 568. The molecule has 1 aromatic rings. The predicted molar refractivity (Wildman–Crippen MR) is 60.7 cm³/mol. The molecule has 0 aromatic heterocycles. The number of carbonyl (C=O) groups excluding carboxylic acids is 1. The molecule has 6 heteroatoms. The molecule has 18 heavy (non-hydrogen) atoms. The summed E-state index contributed by atoms with van der Waals surface area (Å²) in [6, 6.07) is 5.19. The van der Waals surface area contributed by atoms with E-state index in [1.807, 2.05) is 0 Å². The highest BCUT2D eigenvalue weighted by Crippen LogP contribution is 2.19. The molecule has 0 atom stereocenters. The van der Waals surface area contributed by atoms with E-state index in [1.165, 1.54) is 12.1 Å². The van der Waals surface area contributed by atoms with Crippen LogP contribution in [0.15, 0.2) is 23.8 Å². The number of aromatic carboxylic acids is 1. The molecule has 0 bridgehead atoms. The Morgan fingerprint density at radius 2 is 2.11 bits per heavy atom. The van der Waals surface area contributed by atoms with Crippen LogP contribution in [0.1, 0.15) is 15.9 Å². The van der Waals surface area contributed by atoms with Crippen molar-refractivity contribution in [3.05, 3.63) is 34.9 Å². The van der Waals surface area contributed by atoms with Gasteiger partial charge in [0.15, 0.2) is 0 Å². The van der Waals surface area contributed by atoms with E-state index in [4.69, 9.17) is 10.4 Å². The van der Waals surface area contributed by atoms with Crippen LogP contribution in [0, 0.1) is 11.3 Å². The molecular weight excluding hydrogens is 238 g/mol. The number of ether oxygens (including phenoxy) is 1. The Kier molecular flexibility index (Phi) is 4.05. The van der Waals surface area contributed by atoms with Crippen molar-refractivity contribution in [1.82, 2.24) is 0 Å². The van der Waals surface area contributed by atoms with E-state index in [9.17, 15) is 14.7 Å². The van der Waals surface area contributed by atoms with Crippen LogP contribution in [0.4, 0.5) is 0 Å². The van der Waals surface area contributed by atoms with Gasteiger partial charge in [0.05, 0.1) is 12.7 Å². The highest BCUT2D eigenvalue weighted by molar-refractivity contribution is 6.00. The maximum Gasteiger partial charge on any atom is 0.348 e. The Morgan fingerprint density at radius 1 is 1.44 bits per heavy atom. The molecule has 0 aliphatic rings. The number of esters is 1. The van der Waals surface area contributed by atoms with Crippen LogP contribution in [-0.4, -0.2) is 29.3 Å². The highest BCUT2D eigenvalue weighted by Gasteiger charge is 2.13. The summed E-state index contributed by atoms with van der Waals surface area (Å²) < 4.78 is 4.37. The molecule has 6 nitrogen and oxygen atoms in total. The molecule has 1 rings (SSSR count). The number of hydrogen-bond donors (Lipinski definition) is 2. The van der Waals surface area contributed by atoms with Crippen molar-refractivity contribution in [3.8, 4) is 11.8 Å². The van der Waals surface area contributed by atoms with Crippen LogP contribution < -0.4 is 0 Å². The van der Waals surface area contributed by atoms with Crippen LogP contribution in [0.5, 0.6) is 5.75 Å². The normalized spacial score (nSPS) is 10.6. The number of methoxy groups -OCH3 is 1. The van der Waals surface area contributed by atoms with Crippen LogP contribution in [0.25, 0.3) is 6.08 Å². The van der Waals surface area contributed by atoms with Gasteiger partial charge in [-0.2, -0.15) is 5.26 Å². The van der Waals surface area contributed by atoms with E-state index >= 15 is 0 Å². The summed E-state index contributed by atoms with van der Waals surface area (Å²) >= 11 is 0. The topological polar surface area (TPSA) is 108 Å². The van der Waals surface area contributed by atoms with Gasteiger partial charge in [-0.25, -0.2) is 9.59 Å². The van der Waals surface area contributed by atoms with Gasteiger partial charge in [-0.3, -0.25) is 0 Å². The monoisotopic (exact) mass is 247 g/mol. The first-order valence-electron chi connectivity index (χ1n) is 4.76.